The number of carbonyl (C=O) groups excluding carboxylic acids is 2. The monoisotopic (exact) mass is 1000 g/mol. The van der Waals surface area contributed by atoms with Gasteiger partial charge in [-0.2, -0.15) is 0 Å². The fourth-order valence-corrected chi connectivity index (χ4v) is 10.5. The van der Waals surface area contributed by atoms with Crippen LogP contribution in [0.4, 0.5) is 0 Å². The summed E-state index contributed by atoms with van der Waals surface area (Å²) in [4.78, 5) is 25.8. The summed E-state index contributed by atoms with van der Waals surface area (Å²) in [7, 11) is 20.8. The van der Waals surface area contributed by atoms with E-state index < -0.39 is 0 Å². The van der Waals surface area contributed by atoms with Crippen molar-refractivity contribution in [2.45, 2.75) is 63.5 Å². The Morgan fingerprint density at radius 2 is 0.778 bits per heavy atom. The normalized spacial score (nSPS) is 19.1. The second-order valence-electron chi connectivity index (χ2n) is 18.7. The first-order chi connectivity index (χ1) is 34.7. The molecular formula is C56H76N2O14+2. The fourth-order valence-electron chi connectivity index (χ4n) is 10.5. The van der Waals surface area contributed by atoms with Gasteiger partial charge in [0.25, 0.3) is 0 Å². The summed E-state index contributed by atoms with van der Waals surface area (Å²) < 4.78 is 69.7. The van der Waals surface area contributed by atoms with Crippen LogP contribution in [0, 0.1) is 0 Å². The molecule has 2 aliphatic heterocycles. The van der Waals surface area contributed by atoms with Crippen molar-refractivity contribution < 1.29 is 75.4 Å². The predicted octanol–water partition coefficient (Wildman–Crippen LogP) is 8.25. The molecule has 0 radical (unpaired) electrons. The van der Waals surface area contributed by atoms with E-state index in [-0.39, 0.29) is 50.1 Å². The van der Waals surface area contributed by atoms with E-state index in [1.165, 1.54) is 22.3 Å². The molecule has 16 nitrogen and oxygen atoms in total. The molecule has 0 saturated heterocycles. The molecule has 6 rings (SSSR count). The molecule has 2 aliphatic rings. The van der Waals surface area contributed by atoms with Gasteiger partial charge in [0.15, 0.2) is 46.0 Å². The number of ether oxygens (including phenoxy) is 12. The van der Waals surface area contributed by atoms with Gasteiger partial charge in [0.1, 0.15) is 12.1 Å². The van der Waals surface area contributed by atoms with E-state index in [1.54, 1.807) is 83.3 Å². The number of rotatable bonds is 26. The highest BCUT2D eigenvalue weighted by Gasteiger charge is 2.42. The van der Waals surface area contributed by atoms with Crippen LogP contribution in [0.3, 0.4) is 0 Å². The Bertz CT molecular complexity index is 2310. The van der Waals surface area contributed by atoms with Gasteiger partial charge >= 0.3 is 11.9 Å². The Kier molecular flexibility index (Phi) is 19.2. The topological polar surface area (TPSA) is 145 Å². The van der Waals surface area contributed by atoms with Crippen LogP contribution in [0.1, 0.15) is 71.1 Å². The number of nitrogens with zero attached hydrogens (tertiary/aromatic N) is 2. The lowest BCUT2D eigenvalue weighted by molar-refractivity contribution is -0.941. The molecule has 0 bridgehead atoms. The van der Waals surface area contributed by atoms with E-state index in [0.717, 1.165) is 50.1 Å². The van der Waals surface area contributed by atoms with Crippen molar-refractivity contribution in [1.82, 2.24) is 0 Å². The van der Waals surface area contributed by atoms with Crippen LogP contribution in [-0.4, -0.2) is 145 Å². The highest BCUT2D eigenvalue weighted by atomic mass is 16.6. The van der Waals surface area contributed by atoms with E-state index in [2.05, 4.69) is 38.4 Å². The maximum Gasteiger partial charge on any atom is 0.309 e. The van der Waals surface area contributed by atoms with Crippen molar-refractivity contribution >= 4 is 11.9 Å². The second-order valence-corrected chi connectivity index (χ2v) is 18.7. The van der Waals surface area contributed by atoms with Gasteiger partial charge < -0.3 is 65.8 Å². The van der Waals surface area contributed by atoms with Crippen LogP contribution in [0.5, 0.6) is 57.5 Å². The second kappa shape index (κ2) is 25.2. The molecule has 0 saturated carbocycles. The van der Waals surface area contributed by atoms with Gasteiger partial charge in [-0.3, -0.25) is 9.59 Å². The molecule has 0 N–H and O–H groups in total. The number of esters is 2. The summed E-state index contributed by atoms with van der Waals surface area (Å²) in [5, 5.41) is 0. The van der Waals surface area contributed by atoms with Gasteiger partial charge in [-0.25, -0.2) is 0 Å². The number of likely N-dealkylation sites (N-methyl/N-ethyl adjacent to an activating group) is 2. The third-order valence-electron chi connectivity index (χ3n) is 14.5. The lowest BCUT2D eigenvalue weighted by Crippen LogP contribution is -2.52. The van der Waals surface area contributed by atoms with Crippen molar-refractivity contribution in [3.63, 3.8) is 0 Å². The Balaban J connectivity index is 1.01. The summed E-state index contributed by atoms with van der Waals surface area (Å²) in [5.41, 5.74) is 6.85. The third-order valence-corrected chi connectivity index (χ3v) is 14.5. The molecule has 4 unspecified atom stereocenters. The summed E-state index contributed by atoms with van der Waals surface area (Å²) in [5.74, 6) is 5.51. The molecule has 72 heavy (non-hydrogen) atoms. The Morgan fingerprint density at radius 1 is 0.458 bits per heavy atom. The SMILES string of the molecule is COc1cc2c(cc1OC)C(Cc1cc(OC)c(OC)c(OC)c1)[N+](C)(CCCOC(=O)CC=CCC(=O)OCCC[N+]1(C)CCc3cc(OC)c(OC)cc3C1Cc1cc(OC)c(OC)c(OC)c1)CC2. The molecule has 392 valence electrons. The zero-order chi connectivity index (χ0) is 52.0. The first kappa shape index (κ1) is 54.8. The number of hydrogen-bond donors (Lipinski definition) is 0. The quantitative estimate of drug-likeness (QED) is 0.0258. The molecule has 4 aromatic carbocycles. The van der Waals surface area contributed by atoms with Crippen molar-refractivity contribution in [2.24, 2.45) is 0 Å². The predicted molar refractivity (Wildman–Crippen MR) is 273 cm³/mol. The third kappa shape index (κ3) is 12.6. The standard InChI is InChI=1S/C56H76N2O14/c1-57(23-19-39-33-45(61-3)47(63-5)35-41(39)43(57)27-37-29-49(65-7)55(69-11)50(30-37)66-8)21-15-25-71-53(59)17-13-14-18-54(60)72-26-16-22-58(2)24-20-40-34-46(62-4)48(64-6)36-42(40)44(58)28-38-31-51(67-9)56(70-12)52(32-38)68-10/h13-14,29-36,43-44H,15-28H2,1-12H3/q+2. The van der Waals surface area contributed by atoms with Crippen LogP contribution >= 0.6 is 0 Å². The number of methoxy groups -OCH3 is 10. The highest BCUT2D eigenvalue weighted by molar-refractivity contribution is 5.73. The molecular weight excluding hydrogens is 925 g/mol. The highest BCUT2D eigenvalue weighted by Crippen LogP contribution is 2.47. The molecule has 4 aromatic rings. The maximum absolute atomic E-state index is 12.9. The Morgan fingerprint density at radius 3 is 1.08 bits per heavy atom. The van der Waals surface area contributed by atoms with Crippen molar-refractivity contribution in [3.8, 4) is 57.5 Å². The Labute approximate surface area is 425 Å². The van der Waals surface area contributed by atoms with Crippen molar-refractivity contribution in [3.05, 3.63) is 94.1 Å². The number of benzene rings is 4. The van der Waals surface area contributed by atoms with E-state index in [0.29, 0.717) is 92.1 Å². The lowest BCUT2D eigenvalue weighted by Gasteiger charge is -2.46. The van der Waals surface area contributed by atoms with Gasteiger partial charge in [-0.05, 0) is 70.8 Å². The first-order valence-electron chi connectivity index (χ1n) is 24.5. The molecule has 0 spiro atoms. The van der Waals surface area contributed by atoms with E-state index in [1.807, 2.05) is 24.3 Å². The zero-order valence-corrected chi connectivity index (χ0v) is 44.4. The summed E-state index contributed by atoms with van der Waals surface area (Å²) in [6, 6.07) is 16.4. The smallest absolute Gasteiger partial charge is 0.309 e. The molecule has 0 aromatic heterocycles. The largest absolute Gasteiger partial charge is 0.493 e. The van der Waals surface area contributed by atoms with Gasteiger partial charge in [0.05, 0.1) is 137 Å². The number of carbonyl (C=O) groups is 2. The van der Waals surface area contributed by atoms with Gasteiger partial charge in [-0.15, -0.1) is 0 Å². The fraction of sp³-hybridized carbons (Fsp3) is 0.500. The van der Waals surface area contributed by atoms with E-state index in [4.69, 9.17) is 56.8 Å². The van der Waals surface area contributed by atoms with Crippen LogP contribution in [0.25, 0.3) is 0 Å². The molecule has 2 heterocycles. The molecule has 4 atom stereocenters. The summed E-state index contributed by atoms with van der Waals surface area (Å²) in [6.07, 6.45) is 7.83. The zero-order valence-electron chi connectivity index (χ0n) is 44.4. The molecule has 0 amide bonds. The minimum Gasteiger partial charge on any atom is -0.493 e. The Hall–Kier alpha value is -6.52. The van der Waals surface area contributed by atoms with Crippen molar-refractivity contribution in [2.75, 3.05) is 125 Å². The summed E-state index contributed by atoms with van der Waals surface area (Å²) >= 11 is 0. The summed E-state index contributed by atoms with van der Waals surface area (Å²) in [6.45, 7) is 3.82. The number of fused-ring (bicyclic) bond motifs is 2. The van der Waals surface area contributed by atoms with Gasteiger partial charge in [0.2, 0.25) is 11.5 Å². The molecule has 0 aliphatic carbocycles. The van der Waals surface area contributed by atoms with Crippen LogP contribution in [-0.2, 0) is 44.7 Å². The minimum atomic E-state index is -0.353. The van der Waals surface area contributed by atoms with Crippen LogP contribution in [0.15, 0.2) is 60.7 Å². The maximum atomic E-state index is 12.9. The van der Waals surface area contributed by atoms with Crippen LogP contribution in [0.2, 0.25) is 0 Å². The first-order valence-corrected chi connectivity index (χ1v) is 24.5. The minimum absolute atomic E-state index is 0.0357. The van der Waals surface area contributed by atoms with E-state index in [9.17, 15) is 9.59 Å². The number of hydrogen-bond acceptors (Lipinski definition) is 14. The lowest BCUT2D eigenvalue weighted by atomic mass is 9.86. The van der Waals surface area contributed by atoms with E-state index >= 15 is 0 Å². The molecule has 16 heteroatoms. The average molecular weight is 1000 g/mol. The number of quaternary nitrogens is 2. The molecule has 0 fully saturated rings. The average Bonchev–Trinajstić information content (AvgIpc) is 3.40. The van der Waals surface area contributed by atoms with Crippen molar-refractivity contribution in [1.29, 1.82) is 0 Å². The van der Waals surface area contributed by atoms with Gasteiger partial charge in [-0.1, -0.05) is 12.2 Å². The van der Waals surface area contributed by atoms with Crippen LogP contribution < -0.4 is 47.4 Å². The van der Waals surface area contributed by atoms with Gasteiger partial charge in [0, 0.05) is 49.7 Å².